The number of aromatic amines is 2. The highest BCUT2D eigenvalue weighted by Crippen LogP contribution is 2.22. The average molecular weight is 370 g/mol. The molecule has 0 unspecified atom stereocenters. The number of nitrogens with zero attached hydrogens (tertiary/aromatic N) is 6. The van der Waals surface area contributed by atoms with E-state index in [4.69, 9.17) is 0 Å². The Hall–Kier alpha value is -3.21. The molecule has 3 aromatic rings. The molecular formula is C16H18N8O3. The first-order valence-corrected chi connectivity index (χ1v) is 8.82. The van der Waals surface area contributed by atoms with Crippen LogP contribution in [0, 0.1) is 0 Å². The van der Waals surface area contributed by atoms with Gasteiger partial charge in [0.05, 0.1) is 18.3 Å². The van der Waals surface area contributed by atoms with Gasteiger partial charge < -0.3 is 20.1 Å². The van der Waals surface area contributed by atoms with E-state index in [1.54, 1.807) is 16.8 Å². The SMILES string of the molecule is O=c1[nH]c(O)c(/C=c2\cnn3c(=NC4CC4)nc(N4CC[C@@H](O)C4)nc23)[nH]1. The number of nitrogens with one attached hydrogen (secondary N) is 2. The Morgan fingerprint density at radius 3 is 2.78 bits per heavy atom. The molecule has 0 bridgehead atoms. The lowest BCUT2D eigenvalue weighted by molar-refractivity contribution is 0.198. The number of anilines is 1. The van der Waals surface area contributed by atoms with E-state index >= 15 is 0 Å². The molecule has 1 atom stereocenters. The number of hydrogen-bond donors (Lipinski definition) is 4. The van der Waals surface area contributed by atoms with Crippen LogP contribution in [-0.2, 0) is 0 Å². The van der Waals surface area contributed by atoms with Crippen molar-refractivity contribution in [1.29, 1.82) is 0 Å². The van der Waals surface area contributed by atoms with Crippen LogP contribution >= 0.6 is 0 Å². The number of aliphatic hydroxyl groups excluding tert-OH is 1. The molecule has 11 heteroatoms. The second kappa shape index (κ2) is 5.91. The molecule has 0 amide bonds. The van der Waals surface area contributed by atoms with Crippen LogP contribution in [0.2, 0.25) is 0 Å². The van der Waals surface area contributed by atoms with Gasteiger partial charge in [-0.25, -0.2) is 9.79 Å². The fraction of sp³-hybridized carbons (Fsp3) is 0.438. The summed E-state index contributed by atoms with van der Waals surface area (Å²) in [5.41, 5.74) is 0.723. The molecular weight excluding hydrogens is 352 g/mol. The van der Waals surface area contributed by atoms with Gasteiger partial charge in [-0.3, -0.25) is 4.98 Å². The molecule has 27 heavy (non-hydrogen) atoms. The number of aromatic nitrogens is 6. The van der Waals surface area contributed by atoms with Gasteiger partial charge in [0.25, 0.3) is 5.62 Å². The number of fused-ring (bicyclic) bond motifs is 1. The van der Waals surface area contributed by atoms with Gasteiger partial charge >= 0.3 is 5.69 Å². The van der Waals surface area contributed by atoms with Gasteiger partial charge in [0.15, 0.2) is 5.65 Å². The standard InChI is InChI=1S/C16H18N8O3/c25-10-3-4-23(7-10)14-20-12-8(5-11-13(26)21-16(27)19-11)6-17-24(12)15(22-14)18-9-1-2-9/h5-6,9-10,25-26H,1-4,7H2,(H2,19,21,27)/b8-5+,18-15?/t10-/m1/s1. The van der Waals surface area contributed by atoms with Crippen LogP contribution in [0.5, 0.6) is 5.88 Å². The number of rotatable bonds is 3. The summed E-state index contributed by atoms with van der Waals surface area (Å²) in [6.07, 6.45) is 5.51. The van der Waals surface area contributed by atoms with Crippen LogP contribution in [-0.4, -0.2) is 65.0 Å². The van der Waals surface area contributed by atoms with E-state index in [-0.39, 0.29) is 17.6 Å². The van der Waals surface area contributed by atoms with E-state index in [9.17, 15) is 15.0 Å². The zero-order chi connectivity index (χ0) is 18.5. The third kappa shape index (κ3) is 2.95. The fourth-order valence-electron chi connectivity index (χ4n) is 3.13. The molecule has 11 nitrogen and oxygen atoms in total. The van der Waals surface area contributed by atoms with E-state index in [2.05, 4.69) is 30.0 Å². The predicted molar refractivity (Wildman–Crippen MR) is 94.1 cm³/mol. The molecule has 4 N–H and O–H groups in total. The number of aromatic hydroxyl groups is 1. The van der Waals surface area contributed by atoms with E-state index in [0.717, 1.165) is 12.8 Å². The molecule has 0 aromatic carbocycles. The molecule has 0 spiro atoms. The lowest BCUT2D eigenvalue weighted by atomic mass is 10.3. The van der Waals surface area contributed by atoms with Gasteiger partial charge in [0.2, 0.25) is 11.8 Å². The van der Waals surface area contributed by atoms with Crippen molar-refractivity contribution in [3.63, 3.8) is 0 Å². The Bertz CT molecular complexity index is 1190. The molecule has 1 aliphatic heterocycles. The molecule has 0 radical (unpaired) electrons. The van der Waals surface area contributed by atoms with Gasteiger partial charge in [-0.1, -0.05) is 0 Å². The summed E-state index contributed by atoms with van der Waals surface area (Å²) in [4.78, 5) is 31.8. The molecule has 1 aliphatic carbocycles. The first-order chi connectivity index (χ1) is 13.1. The topological polar surface area (TPSA) is 148 Å². The molecule has 2 aliphatic rings. The minimum absolute atomic E-state index is 0.243. The Balaban J connectivity index is 1.71. The highest BCUT2D eigenvalue weighted by atomic mass is 16.3. The predicted octanol–water partition coefficient (Wildman–Crippen LogP) is -1.97. The second-order valence-electron chi connectivity index (χ2n) is 6.89. The van der Waals surface area contributed by atoms with Crippen molar-refractivity contribution in [2.45, 2.75) is 31.4 Å². The van der Waals surface area contributed by atoms with Crippen molar-refractivity contribution < 1.29 is 10.2 Å². The lowest BCUT2D eigenvalue weighted by Gasteiger charge is -2.14. The van der Waals surface area contributed by atoms with Crippen molar-refractivity contribution in [2.75, 3.05) is 18.0 Å². The van der Waals surface area contributed by atoms with Gasteiger partial charge in [-0.2, -0.15) is 19.6 Å². The molecule has 5 rings (SSSR count). The summed E-state index contributed by atoms with van der Waals surface area (Å²) in [6, 6.07) is 0.252. The van der Waals surface area contributed by atoms with Crippen molar-refractivity contribution in [2.24, 2.45) is 4.99 Å². The Kier molecular flexibility index (Phi) is 3.50. The minimum atomic E-state index is -0.499. The summed E-state index contributed by atoms with van der Waals surface area (Å²) >= 11 is 0. The van der Waals surface area contributed by atoms with Crippen LogP contribution in [0.1, 0.15) is 25.0 Å². The zero-order valence-electron chi connectivity index (χ0n) is 14.3. The number of β-amino-alcohol motifs (C(OH)–C–C–N with tert-alkyl or cyclic N) is 1. The zero-order valence-corrected chi connectivity index (χ0v) is 14.3. The summed E-state index contributed by atoms with van der Waals surface area (Å²) in [7, 11) is 0. The highest BCUT2D eigenvalue weighted by Gasteiger charge is 2.25. The molecule has 4 heterocycles. The second-order valence-corrected chi connectivity index (χ2v) is 6.89. The van der Waals surface area contributed by atoms with Crippen LogP contribution in [0.3, 0.4) is 0 Å². The third-order valence-corrected chi connectivity index (χ3v) is 4.69. The maximum atomic E-state index is 11.4. The van der Waals surface area contributed by atoms with Crippen molar-refractivity contribution in [3.8, 4) is 5.88 Å². The lowest BCUT2D eigenvalue weighted by Crippen LogP contribution is -2.30. The Labute approximate surface area is 151 Å². The molecule has 3 aromatic heterocycles. The largest absolute Gasteiger partial charge is 0.493 e. The van der Waals surface area contributed by atoms with E-state index in [1.807, 2.05) is 4.90 Å². The van der Waals surface area contributed by atoms with Crippen molar-refractivity contribution in [3.05, 3.63) is 33.2 Å². The summed E-state index contributed by atoms with van der Waals surface area (Å²) < 4.78 is 1.56. The first kappa shape index (κ1) is 16.0. The minimum Gasteiger partial charge on any atom is -0.493 e. The summed E-state index contributed by atoms with van der Waals surface area (Å²) in [5, 5.41) is 24.6. The van der Waals surface area contributed by atoms with E-state index in [0.29, 0.717) is 41.9 Å². The normalized spacial score (nSPS) is 21.7. The molecule has 140 valence electrons. The van der Waals surface area contributed by atoms with Gasteiger partial charge in [-0.15, -0.1) is 0 Å². The van der Waals surface area contributed by atoms with E-state index in [1.165, 1.54) is 0 Å². The highest BCUT2D eigenvalue weighted by molar-refractivity contribution is 5.57. The van der Waals surface area contributed by atoms with Crippen molar-refractivity contribution >= 4 is 17.7 Å². The molecule has 1 saturated heterocycles. The Morgan fingerprint density at radius 2 is 2.11 bits per heavy atom. The van der Waals surface area contributed by atoms with Crippen LogP contribution < -0.4 is 21.4 Å². The first-order valence-electron chi connectivity index (χ1n) is 8.82. The number of aliphatic hydroxyl groups is 1. The average Bonchev–Trinajstić information content (AvgIpc) is 3.04. The van der Waals surface area contributed by atoms with Crippen molar-refractivity contribution in [1.82, 2.24) is 29.5 Å². The maximum Gasteiger partial charge on any atom is 0.326 e. The number of hydrogen-bond acceptors (Lipinski definition) is 8. The van der Waals surface area contributed by atoms with Gasteiger partial charge in [-0.05, 0) is 25.3 Å². The summed E-state index contributed by atoms with van der Waals surface area (Å²) in [5.74, 6) is 0.236. The van der Waals surface area contributed by atoms with Crippen LogP contribution in [0.4, 0.5) is 5.95 Å². The molecule has 2 fully saturated rings. The maximum absolute atomic E-state index is 11.4. The third-order valence-electron chi connectivity index (χ3n) is 4.69. The number of H-pyrrole nitrogens is 2. The van der Waals surface area contributed by atoms with Crippen LogP contribution in [0.15, 0.2) is 16.0 Å². The quantitative estimate of drug-likeness (QED) is 0.418. The fourth-order valence-corrected chi connectivity index (χ4v) is 3.13. The molecule has 1 saturated carbocycles. The monoisotopic (exact) mass is 370 g/mol. The smallest absolute Gasteiger partial charge is 0.326 e. The van der Waals surface area contributed by atoms with Gasteiger partial charge in [0.1, 0.15) is 5.69 Å². The van der Waals surface area contributed by atoms with Gasteiger partial charge in [0, 0.05) is 18.3 Å². The van der Waals surface area contributed by atoms with E-state index < -0.39 is 11.8 Å². The Morgan fingerprint density at radius 1 is 1.26 bits per heavy atom. The van der Waals surface area contributed by atoms with Crippen LogP contribution in [0.25, 0.3) is 11.7 Å². The number of imidazole rings is 1. The summed E-state index contributed by atoms with van der Waals surface area (Å²) in [6.45, 7) is 1.14.